The van der Waals surface area contributed by atoms with Gasteiger partial charge in [-0.1, -0.05) is 15.9 Å². The van der Waals surface area contributed by atoms with Gasteiger partial charge >= 0.3 is 0 Å². The minimum Gasteiger partial charge on any atom is -0.357 e. The van der Waals surface area contributed by atoms with Crippen molar-refractivity contribution in [1.82, 2.24) is 16.2 Å². The van der Waals surface area contributed by atoms with Crippen molar-refractivity contribution in [3.8, 4) is 0 Å². The molecule has 0 aromatic heterocycles. The third-order valence-electron chi connectivity index (χ3n) is 2.62. The van der Waals surface area contributed by atoms with Crippen molar-refractivity contribution in [2.24, 2.45) is 0 Å². The van der Waals surface area contributed by atoms with Crippen molar-refractivity contribution in [2.75, 3.05) is 5.75 Å². The van der Waals surface area contributed by atoms with Gasteiger partial charge in [-0.15, -0.1) is 11.8 Å². The summed E-state index contributed by atoms with van der Waals surface area (Å²) in [6.07, 6.45) is 0. The molecule has 0 spiro atoms. The van der Waals surface area contributed by atoms with Gasteiger partial charge in [-0.05, 0) is 70.1 Å². The van der Waals surface area contributed by atoms with Crippen LogP contribution in [0.3, 0.4) is 0 Å². The standard InChI is InChI=1S/C15H22BrN3OS2/c1-9-7-12(10(2)6-11(9)16)22-8-13(20)18-19-14(21)17-15(3,4)5/h6-7H,8H2,1-5H3,(H,18,20)(H2,17,19,21). The summed E-state index contributed by atoms with van der Waals surface area (Å²) in [7, 11) is 0. The summed E-state index contributed by atoms with van der Waals surface area (Å²) in [5, 5.41) is 3.47. The number of thiocarbonyl (C=S) groups is 1. The molecule has 122 valence electrons. The fourth-order valence-corrected chi connectivity index (χ4v) is 3.31. The van der Waals surface area contributed by atoms with Crippen LogP contribution in [0.5, 0.6) is 0 Å². The van der Waals surface area contributed by atoms with Gasteiger partial charge in [-0.3, -0.25) is 15.6 Å². The molecule has 0 radical (unpaired) electrons. The molecule has 0 heterocycles. The average Bonchev–Trinajstić information content (AvgIpc) is 2.37. The number of halogens is 1. The van der Waals surface area contributed by atoms with Crippen molar-refractivity contribution in [1.29, 1.82) is 0 Å². The van der Waals surface area contributed by atoms with Gasteiger partial charge in [-0.2, -0.15) is 0 Å². The van der Waals surface area contributed by atoms with Gasteiger partial charge in [-0.25, -0.2) is 0 Å². The van der Waals surface area contributed by atoms with E-state index in [0.717, 1.165) is 20.5 Å². The predicted molar refractivity (Wildman–Crippen MR) is 101 cm³/mol. The molecule has 0 fully saturated rings. The van der Waals surface area contributed by atoms with Gasteiger partial charge in [0.2, 0.25) is 5.91 Å². The highest BCUT2D eigenvalue weighted by molar-refractivity contribution is 9.10. The molecule has 0 aliphatic carbocycles. The van der Waals surface area contributed by atoms with E-state index in [-0.39, 0.29) is 11.4 Å². The van der Waals surface area contributed by atoms with E-state index in [2.05, 4.69) is 44.2 Å². The minimum atomic E-state index is -0.143. The Morgan fingerprint density at radius 3 is 2.45 bits per heavy atom. The zero-order chi connectivity index (χ0) is 16.9. The SMILES string of the molecule is Cc1cc(SCC(=O)NNC(=S)NC(C)(C)C)c(C)cc1Br. The molecule has 0 aliphatic heterocycles. The second-order valence-electron chi connectivity index (χ2n) is 6.03. The maximum absolute atomic E-state index is 11.9. The van der Waals surface area contributed by atoms with Crippen molar-refractivity contribution in [3.05, 3.63) is 27.7 Å². The van der Waals surface area contributed by atoms with Crippen molar-refractivity contribution in [3.63, 3.8) is 0 Å². The van der Waals surface area contributed by atoms with Gasteiger partial charge in [0.05, 0.1) is 5.75 Å². The Morgan fingerprint density at radius 2 is 1.86 bits per heavy atom. The van der Waals surface area contributed by atoms with E-state index < -0.39 is 0 Å². The number of amides is 1. The monoisotopic (exact) mass is 403 g/mol. The maximum atomic E-state index is 11.9. The molecule has 0 bridgehead atoms. The van der Waals surface area contributed by atoms with Crippen LogP contribution < -0.4 is 16.2 Å². The second-order valence-corrected chi connectivity index (χ2v) is 8.31. The van der Waals surface area contributed by atoms with Crippen LogP contribution >= 0.6 is 39.9 Å². The van der Waals surface area contributed by atoms with Crippen molar-refractivity contribution in [2.45, 2.75) is 45.1 Å². The van der Waals surface area contributed by atoms with Gasteiger partial charge in [0.15, 0.2) is 5.11 Å². The van der Waals surface area contributed by atoms with Crippen LogP contribution in [0.25, 0.3) is 0 Å². The highest BCUT2D eigenvalue weighted by Gasteiger charge is 2.12. The lowest BCUT2D eigenvalue weighted by molar-refractivity contribution is -0.119. The van der Waals surface area contributed by atoms with E-state index in [1.807, 2.05) is 34.6 Å². The zero-order valence-electron chi connectivity index (χ0n) is 13.5. The lowest BCUT2D eigenvalue weighted by Gasteiger charge is -2.23. The molecular weight excluding hydrogens is 382 g/mol. The Morgan fingerprint density at radius 1 is 1.23 bits per heavy atom. The predicted octanol–water partition coefficient (Wildman–Crippen LogP) is 3.45. The van der Waals surface area contributed by atoms with Crippen LogP contribution in [0.15, 0.2) is 21.5 Å². The van der Waals surface area contributed by atoms with Crippen LogP contribution in [0.1, 0.15) is 31.9 Å². The quantitative estimate of drug-likeness (QED) is 0.409. The Bertz CT molecular complexity index is 571. The first-order valence-corrected chi connectivity index (χ1v) is 9.04. The molecule has 22 heavy (non-hydrogen) atoms. The number of thioether (sulfide) groups is 1. The van der Waals surface area contributed by atoms with Gasteiger partial charge in [0.1, 0.15) is 0 Å². The number of carbonyl (C=O) groups excluding carboxylic acids is 1. The van der Waals surface area contributed by atoms with E-state index in [1.54, 1.807) is 0 Å². The number of nitrogens with one attached hydrogen (secondary N) is 3. The second kappa shape index (κ2) is 8.17. The molecule has 1 amide bonds. The fourth-order valence-electron chi connectivity index (χ4n) is 1.59. The lowest BCUT2D eigenvalue weighted by Crippen LogP contribution is -2.52. The number of benzene rings is 1. The molecule has 0 saturated carbocycles. The molecule has 3 N–H and O–H groups in total. The van der Waals surface area contributed by atoms with Crippen molar-refractivity contribution >= 4 is 50.9 Å². The zero-order valence-corrected chi connectivity index (χ0v) is 16.7. The van der Waals surface area contributed by atoms with Crippen LogP contribution in [-0.2, 0) is 4.79 Å². The fraction of sp³-hybridized carbons (Fsp3) is 0.467. The Hall–Kier alpha value is -0.790. The largest absolute Gasteiger partial charge is 0.357 e. The van der Waals surface area contributed by atoms with Gasteiger partial charge < -0.3 is 5.32 Å². The first kappa shape index (κ1) is 19.3. The first-order valence-electron chi connectivity index (χ1n) is 6.85. The number of hydrogen-bond acceptors (Lipinski definition) is 3. The number of hydrogen-bond donors (Lipinski definition) is 3. The average molecular weight is 404 g/mol. The molecule has 7 heteroatoms. The summed E-state index contributed by atoms with van der Waals surface area (Å²) >= 11 is 10.1. The number of carbonyl (C=O) groups is 1. The molecule has 1 aromatic rings. The molecule has 1 aromatic carbocycles. The summed E-state index contributed by atoms with van der Waals surface area (Å²) in [5.41, 5.74) is 7.47. The summed E-state index contributed by atoms with van der Waals surface area (Å²) in [6.45, 7) is 10.1. The van der Waals surface area contributed by atoms with Crippen LogP contribution in [-0.4, -0.2) is 22.3 Å². The highest BCUT2D eigenvalue weighted by atomic mass is 79.9. The van der Waals surface area contributed by atoms with Crippen LogP contribution in [0, 0.1) is 13.8 Å². The molecule has 1 rings (SSSR count). The van der Waals surface area contributed by atoms with E-state index in [9.17, 15) is 4.79 Å². The third-order valence-corrected chi connectivity index (χ3v) is 4.83. The highest BCUT2D eigenvalue weighted by Crippen LogP contribution is 2.28. The first-order chi connectivity index (χ1) is 10.1. The topological polar surface area (TPSA) is 53.2 Å². The normalized spacial score (nSPS) is 11.0. The maximum Gasteiger partial charge on any atom is 0.248 e. The smallest absolute Gasteiger partial charge is 0.248 e. The molecule has 0 atom stereocenters. The minimum absolute atomic E-state index is 0.122. The Balaban J connectivity index is 2.44. The molecule has 0 saturated heterocycles. The lowest BCUT2D eigenvalue weighted by atomic mass is 10.1. The molecule has 0 unspecified atom stereocenters. The number of hydrazine groups is 1. The number of aryl methyl sites for hydroxylation is 2. The third kappa shape index (κ3) is 6.98. The summed E-state index contributed by atoms with van der Waals surface area (Å²) in [5.74, 6) is 0.204. The van der Waals surface area contributed by atoms with Crippen LogP contribution in [0.2, 0.25) is 0 Å². The molecule has 4 nitrogen and oxygen atoms in total. The van der Waals surface area contributed by atoms with Crippen LogP contribution in [0.4, 0.5) is 0 Å². The summed E-state index contributed by atoms with van der Waals surface area (Å²) in [6, 6.07) is 4.15. The Kier molecular flexibility index (Phi) is 7.15. The van der Waals surface area contributed by atoms with E-state index in [4.69, 9.17) is 12.2 Å². The van der Waals surface area contributed by atoms with Gasteiger partial charge in [0, 0.05) is 14.9 Å². The van der Waals surface area contributed by atoms with E-state index >= 15 is 0 Å². The summed E-state index contributed by atoms with van der Waals surface area (Å²) < 4.78 is 1.08. The van der Waals surface area contributed by atoms with Crippen molar-refractivity contribution < 1.29 is 4.79 Å². The van der Waals surface area contributed by atoms with E-state index in [0.29, 0.717) is 10.9 Å². The molecular formula is C15H22BrN3OS2. The summed E-state index contributed by atoms with van der Waals surface area (Å²) in [4.78, 5) is 13.0. The van der Waals surface area contributed by atoms with E-state index in [1.165, 1.54) is 11.8 Å². The Labute approximate surface area is 150 Å². The number of rotatable bonds is 3. The van der Waals surface area contributed by atoms with Gasteiger partial charge in [0.25, 0.3) is 0 Å². The molecule has 0 aliphatic rings.